The molecule has 206 valence electrons. The highest BCUT2D eigenvalue weighted by atomic mass is 35.5. The summed E-state index contributed by atoms with van der Waals surface area (Å²) in [7, 11) is -3.47. The number of rotatable bonds is 9. The van der Waals surface area contributed by atoms with Gasteiger partial charge in [-0.15, -0.1) is 11.3 Å². The van der Waals surface area contributed by atoms with E-state index in [0.717, 1.165) is 24.4 Å². The Morgan fingerprint density at radius 1 is 1.16 bits per heavy atom. The smallest absolute Gasteiger partial charge is 0.238 e. The lowest BCUT2D eigenvalue weighted by molar-refractivity contribution is -0.118. The molecular formula is C25H33ClN6O4S2. The van der Waals surface area contributed by atoms with Crippen molar-refractivity contribution in [2.75, 3.05) is 48.8 Å². The Bertz CT molecular complexity index is 1330. The SMILES string of the molecule is CC.CC(C)S(=O)(=O)c1sccc1Nc1nc(Nc2cccc(NC(=O)CN3CCOCC3)c2)ncc1Cl. The number of aromatic nitrogens is 2. The van der Waals surface area contributed by atoms with Gasteiger partial charge in [-0.25, -0.2) is 13.4 Å². The summed E-state index contributed by atoms with van der Waals surface area (Å²) in [5.41, 5.74) is 1.70. The molecule has 10 nitrogen and oxygen atoms in total. The van der Waals surface area contributed by atoms with Crippen LogP contribution >= 0.6 is 22.9 Å². The maximum atomic E-state index is 12.7. The van der Waals surface area contributed by atoms with Gasteiger partial charge in [0, 0.05) is 24.5 Å². The topological polar surface area (TPSA) is 126 Å². The zero-order valence-electron chi connectivity index (χ0n) is 21.8. The van der Waals surface area contributed by atoms with E-state index in [1.165, 1.54) is 6.20 Å². The number of amides is 1. The maximum Gasteiger partial charge on any atom is 0.238 e. The molecule has 0 aliphatic carbocycles. The monoisotopic (exact) mass is 580 g/mol. The van der Waals surface area contributed by atoms with Crippen LogP contribution in [0.25, 0.3) is 0 Å². The van der Waals surface area contributed by atoms with Crippen LogP contribution in [-0.4, -0.2) is 67.3 Å². The first kappa shape index (κ1) is 29.8. The zero-order chi connectivity index (χ0) is 27.7. The van der Waals surface area contributed by atoms with Crippen molar-refractivity contribution in [2.24, 2.45) is 0 Å². The summed E-state index contributed by atoms with van der Waals surface area (Å²) in [6.07, 6.45) is 1.43. The molecule has 1 aromatic carbocycles. The third kappa shape index (κ3) is 7.87. The molecule has 0 atom stereocenters. The molecule has 1 saturated heterocycles. The molecule has 0 spiro atoms. The minimum Gasteiger partial charge on any atom is -0.379 e. The molecule has 3 heterocycles. The third-order valence-corrected chi connectivity index (χ3v) is 9.33. The fourth-order valence-corrected chi connectivity index (χ4v) is 6.28. The second kappa shape index (κ2) is 13.9. The summed E-state index contributed by atoms with van der Waals surface area (Å²) in [5, 5.41) is 10.4. The molecule has 0 unspecified atom stereocenters. The van der Waals surface area contributed by atoms with Gasteiger partial charge in [0.2, 0.25) is 11.9 Å². The summed E-state index contributed by atoms with van der Waals surface area (Å²) < 4.78 is 30.9. The Balaban J connectivity index is 0.00000195. The molecule has 0 bridgehead atoms. The molecular weight excluding hydrogens is 548 g/mol. The highest BCUT2D eigenvalue weighted by Gasteiger charge is 2.25. The Morgan fingerprint density at radius 3 is 2.58 bits per heavy atom. The van der Waals surface area contributed by atoms with Crippen LogP contribution in [0.5, 0.6) is 0 Å². The zero-order valence-corrected chi connectivity index (χ0v) is 24.2. The van der Waals surface area contributed by atoms with Crippen molar-refractivity contribution in [2.45, 2.75) is 37.2 Å². The van der Waals surface area contributed by atoms with Crippen molar-refractivity contribution < 1.29 is 17.9 Å². The van der Waals surface area contributed by atoms with Crippen molar-refractivity contribution in [3.63, 3.8) is 0 Å². The summed E-state index contributed by atoms with van der Waals surface area (Å²) in [6.45, 7) is 10.3. The number of nitrogens with one attached hydrogen (secondary N) is 3. The van der Waals surface area contributed by atoms with Gasteiger partial charge in [0.05, 0.1) is 36.9 Å². The van der Waals surface area contributed by atoms with E-state index in [4.69, 9.17) is 16.3 Å². The first-order chi connectivity index (χ1) is 18.2. The number of hydrogen-bond donors (Lipinski definition) is 3. The van der Waals surface area contributed by atoms with Crippen LogP contribution in [0.3, 0.4) is 0 Å². The number of sulfone groups is 1. The Kier molecular flexibility index (Phi) is 10.9. The Labute approximate surface area is 232 Å². The second-order valence-electron chi connectivity index (χ2n) is 8.37. The molecule has 4 rings (SSSR count). The quantitative estimate of drug-likeness (QED) is 0.315. The van der Waals surface area contributed by atoms with E-state index in [-0.39, 0.29) is 26.9 Å². The van der Waals surface area contributed by atoms with Gasteiger partial charge < -0.3 is 20.7 Å². The van der Waals surface area contributed by atoms with Crippen LogP contribution < -0.4 is 16.0 Å². The summed E-state index contributed by atoms with van der Waals surface area (Å²) in [4.78, 5) is 23.1. The molecule has 1 aliphatic rings. The average Bonchev–Trinajstić information content (AvgIpc) is 3.37. The van der Waals surface area contributed by atoms with Crippen LogP contribution in [0.1, 0.15) is 27.7 Å². The maximum absolute atomic E-state index is 12.7. The first-order valence-electron chi connectivity index (χ1n) is 12.3. The number of morpholine rings is 1. The molecule has 13 heteroatoms. The molecule has 1 amide bonds. The van der Waals surface area contributed by atoms with Crippen molar-refractivity contribution in [3.8, 4) is 0 Å². The number of halogens is 1. The van der Waals surface area contributed by atoms with Gasteiger partial charge in [-0.05, 0) is 43.5 Å². The first-order valence-corrected chi connectivity index (χ1v) is 15.1. The number of hydrogen-bond acceptors (Lipinski definition) is 10. The standard InChI is InChI=1S/C23H27ClN6O4S2.C2H6/c1-15(2)36(32,33)22-19(6-11-35-22)28-21-18(24)13-25-23(29-21)27-17-5-3-4-16(12-17)26-20(31)14-30-7-9-34-10-8-30;1-2/h3-6,11-13,15H,7-10,14H2,1-2H3,(H,26,31)(H2,25,27,28,29);1-2H3. The van der Waals surface area contributed by atoms with Crippen LogP contribution in [0.15, 0.2) is 46.1 Å². The van der Waals surface area contributed by atoms with Crippen LogP contribution in [-0.2, 0) is 19.4 Å². The predicted octanol–water partition coefficient (Wildman–Crippen LogP) is 5.16. The molecule has 38 heavy (non-hydrogen) atoms. The largest absolute Gasteiger partial charge is 0.379 e. The summed E-state index contributed by atoms with van der Waals surface area (Å²) in [6, 6.07) is 8.86. The third-order valence-electron chi connectivity index (χ3n) is 5.38. The fraction of sp³-hybridized carbons (Fsp3) is 0.400. The van der Waals surface area contributed by atoms with E-state index in [0.29, 0.717) is 36.8 Å². The fourth-order valence-electron chi connectivity index (χ4n) is 3.43. The predicted molar refractivity (Wildman–Crippen MR) is 154 cm³/mol. The van der Waals surface area contributed by atoms with Gasteiger partial charge >= 0.3 is 0 Å². The van der Waals surface area contributed by atoms with Crippen molar-refractivity contribution >= 4 is 67.5 Å². The van der Waals surface area contributed by atoms with Crippen molar-refractivity contribution in [3.05, 3.63) is 46.9 Å². The molecule has 0 saturated carbocycles. The van der Waals surface area contributed by atoms with E-state index >= 15 is 0 Å². The summed E-state index contributed by atoms with van der Waals surface area (Å²) in [5.74, 6) is 0.413. The molecule has 1 aliphatic heterocycles. The van der Waals surface area contributed by atoms with Crippen molar-refractivity contribution in [1.82, 2.24) is 14.9 Å². The number of carbonyl (C=O) groups is 1. The number of ether oxygens (including phenoxy) is 1. The molecule has 3 aromatic rings. The average molecular weight is 581 g/mol. The highest BCUT2D eigenvalue weighted by Crippen LogP contribution is 2.34. The van der Waals surface area contributed by atoms with Gasteiger partial charge in [-0.2, -0.15) is 4.98 Å². The molecule has 2 aromatic heterocycles. The van der Waals surface area contributed by atoms with Crippen molar-refractivity contribution in [1.29, 1.82) is 0 Å². The van der Waals surface area contributed by atoms with E-state index < -0.39 is 15.1 Å². The van der Waals surface area contributed by atoms with E-state index in [1.54, 1.807) is 43.5 Å². The second-order valence-corrected chi connectivity index (χ2v) is 12.4. The number of thiophene rings is 1. The Morgan fingerprint density at radius 2 is 1.87 bits per heavy atom. The van der Waals surface area contributed by atoms with E-state index in [9.17, 15) is 13.2 Å². The lowest BCUT2D eigenvalue weighted by Gasteiger charge is -2.25. The van der Waals surface area contributed by atoms with Crippen LogP contribution in [0.4, 0.5) is 28.8 Å². The Hall–Kier alpha value is -2.77. The minimum atomic E-state index is -3.47. The van der Waals surface area contributed by atoms with Gasteiger partial charge in [-0.3, -0.25) is 9.69 Å². The van der Waals surface area contributed by atoms with E-state index in [1.807, 2.05) is 24.8 Å². The number of nitrogens with zero attached hydrogens (tertiary/aromatic N) is 3. The molecule has 0 radical (unpaired) electrons. The highest BCUT2D eigenvalue weighted by molar-refractivity contribution is 7.94. The van der Waals surface area contributed by atoms with Gasteiger partial charge in [-0.1, -0.05) is 31.5 Å². The number of benzene rings is 1. The minimum absolute atomic E-state index is 0.105. The lowest BCUT2D eigenvalue weighted by atomic mass is 10.2. The van der Waals surface area contributed by atoms with Crippen LogP contribution in [0, 0.1) is 0 Å². The molecule has 3 N–H and O–H groups in total. The molecule has 1 fully saturated rings. The summed E-state index contributed by atoms with van der Waals surface area (Å²) >= 11 is 7.42. The van der Waals surface area contributed by atoms with E-state index in [2.05, 4.69) is 25.9 Å². The number of carbonyl (C=O) groups excluding carboxylic acids is 1. The lowest BCUT2D eigenvalue weighted by Crippen LogP contribution is -2.41. The van der Waals surface area contributed by atoms with Gasteiger partial charge in [0.25, 0.3) is 0 Å². The number of anilines is 5. The van der Waals surface area contributed by atoms with Crippen LogP contribution in [0.2, 0.25) is 5.02 Å². The van der Waals surface area contributed by atoms with Gasteiger partial charge in [0.1, 0.15) is 9.23 Å². The normalized spacial score (nSPS) is 13.9. The van der Waals surface area contributed by atoms with Gasteiger partial charge in [0.15, 0.2) is 15.7 Å².